The molecule has 0 bridgehead atoms. The third kappa shape index (κ3) is 2.99. The van der Waals surface area contributed by atoms with Crippen molar-refractivity contribution in [1.29, 1.82) is 0 Å². The molecule has 98 valence electrons. The molecule has 17 heavy (non-hydrogen) atoms. The smallest absolute Gasteiger partial charge is 0.223 e. The zero-order chi connectivity index (χ0) is 12.3. The van der Waals surface area contributed by atoms with Gasteiger partial charge < -0.3 is 15.7 Å². The van der Waals surface area contributed by atoms with Gasteiger partial charge in [0.05, 0.1) is 12.1 Å². The lowest BCUT2D eigenvalue weighted by atomic mass is 9.90. The molecular weight excluding hydrogens is 216 g/mol. The van der Waals surface area contributed by atoms with E-state index in [0.717, 1.165) is 45.1 Å². The summed E-state index contributed by atoms with van der Waals surface area (Å²) in [4.78, 5) is 12.2. The van der Waals surface area contributed by atoms with Crippen LogP contribution in [0.4, 0.5) is 0 Å². The van der Waals surface area contributed by atoms with Crippen LogP contribution in [-0.2, 0) is 4.79 Å². The fourth-order valence-corrected chi connectivity index (χ4v) is 3.11. The van der Waals surface area contributed by atoms with Gasteiger partial charge in [-0.3, -0.25) is 4.79 Å². The molecule has 1 amide bonds. The van der Waals surface area contributed by atoms with Crippen LogP contribution in [0.1, 0.15) is 45.4 Å². The van der Waals surface area contributed by atoms with E-state index in [4.69, 9.17) is 0 Å². The number of aliphatic hydroxyl groups excluding tert-OH is 1. The van der Waals surface area contributed by atoms with Gasteiger partial charge in [-0.05, 0) is 39.2 Å². The van der Waals surface area contributed by atoms with Gasteiger partial charge in [-0.25, -0.2) is 0 Å². The van der Waals surface area contributed by atoms with Crippen molar-refractivity contribution in [1.82, 2.24) is 10.6 Å². The molecule has 0 aromatic heterocycles. The average Bonchev–Trinajstić information content (AvgIpc) is 2.78. The van der Waals surface area contributed by atoms with Crippen LogP contribution in [0.2, 0.25) is 0 Å². The number of amides is 1. The second-order valence-corrected chi connectivity index (χ2v) is 5.71. The van der Waals surface area contributed by atoms with Crippen LogP contribution in [0.15, 0.2) is 0 Å². The summed E-state index contributed by atoms with van der Waals surface area (Å²) in [6, 6.07) is 0.424. The lowest BCUT2D eigenvalue weighted by Gasteiger charge is -2.33. The normalized spacial score (nSPS) is 32.4. The third-order valence-electron chi connectivity index (χ3n) is 4.25. The molecular formula is C13H24N2O2. The molecule has 2 rings (SSSR count). The molecule has 3 N–H and O–H groups in total. The van der Waals surface area contributed by atoms with Gasteiger partial charge in [0, 0.05) is 12.0 Å². The number of nitrogens with one attached hydrogen (secondary N) is 2. The van der Waals surface area contributed by atoms with Crippen molar-refractivity contribution < 1.29 is 9.90 Å². The molecule has 0 spiro atoms. The molecule has 0 radical (unpaired) electrons. The van der Waals surface area contributed by atoms with Crippen LogP contribution in [0.3, 0.4) is 0 Å². The summed E-state index contributed by atoms with van der Waals surface area (Å²) in [5, 5.41) is 16.0. The van der Waals surface area contributed by atoms with E-state index in [1.165, 1.54) is 0 Å². The van der Waals surface area contributed by atoms with Crippen LogP contribution >= 0.6 is 0 Å². The average molecular weight is 240 g/mol. The van der Waals surface area contributed by atoms with Crippen molar-refractivity contribution in [3.8, 4) is 0 Å². The van der Waals surface area contributed by atoms with Crippen LogP contribution < -0.4 is 10.6 Å². The molecule has 0 aromatic rings. The molecule has 1 aliphatic carbocycles. The highest BCUT2D eigenvalue weighted by Crippen LogP contribution is 2.30. The highest BCUT2D eigenvalue weighted by Gasteiger charge is 2.36. The van der Waals surface area contributed by atoms with Gasteiger partial charge in [-0.15, -0.1) is 0 Å². The topological polar surface area (TPSA) is 61.4 Å². The molecule has 1 saturated heterocycles. The minimum Gasteiger partial charge on any atom is -0.394 e. The predicted octanol–water partition coefficient (Wildman–Crippen LogP) is 0.796. The second kappa shape index (κ2) is 5.36. The van der Waals surface area contributed by atoms with Crippen molar-refractivity contribution in [3.63, 3.8) is 0 Å². The molecule has 1 saturated carbocycles. The van der Waals surface area contributed by atoms with Gasteiger partial charge in [-0.1, -0.05) is 12.8 Å². The van der Waals surface area contributed by atoms with E-state index in [0.29, 0.717) is 6.04 Å². The summed E-state index contributed by atoms with van der Waals surface area (Å²) in [6.07, 6.45) is 5.91. The molecule has 2 fully saturated rings. The van der Waals surface area contributed by atoms with Crippen molar-refractivity contribution in [2.75, 3.05) is 13.2 Å². The van der Waals surface area contributed by atoms with Crippen molar-refractivity contribution in [3.05, 3.63) is 0 Å². The summed E-state index contributed by atoms with van der Waals surface area (Å²) in [5.74, 6) is 0.268. The third-order valence-corrected chi connectivity index (χ3v) is 4.25. The summed E-state index contributed by atoms with van der Waals surface area (Å²) in [6.45, 7) is 3.13. The first-order chi connectivity index (χ1) is 8.15. The van der Waals surface area contributed by atoms with Gasteiger partial charge in [-0.2, -0.15) is 0 Å². The van der Waals surface area contributed by atoms with Crippen molar-refractivity contribution in [2.24, 2.45) is 5.92 Å². The quantitative estimate of drug-likeness (QED) is 0.683. The Labute approximate surface area is 103 Å². The summed E-state index contributed by atoms with van der Waals surface area (Å²) >= 11 is 0. The Kier molecular flexibility index (Phi) is 4.05. The molecule has 4 heteroatoms. The number of hydrogen-bond acceptors (Lipinski definition) is 3. The second-order valence-electron chi connectivity index (χ2n) is 5.71. The minimum absolute atomic E-state index is 0.0826. The van der Waals surface area contributed by atoms with Crippen molar-refractivity contribution in [2.45, 2.75) is 57.0 Å². The number of hydrogen-bond donors (Lipinski definition) is 3. The lowest BCUT2D eigenvalue weighted by molar-refractivity contribution is -0.128. The summed E-state index contributed by atoms with van der Waals surface area (Å²) in [7, 11) is 0. The number of aliphatic hydroxyl groups is 1. The lowest BCUT2D eigenvalue weighted by Crippen LogP contribution is -2.53. The Hall–Kier alpha value is -0.610. The number of carbonyl (C=O) groups excluding carboxylic acids is 1. The summed E-state index contributed by atoms with van der Waals surface area (Å²) < 4.78 is 0. The molecule has 1 heterocycles. The maximum absolute atomic E-state index is 12.2. The molecule has 0 aromatic carbocycles. The van der Waals surface area contributed by atoms with Crippen LogP contribution in [-0.4, -0.2) is 35.7 Å². The van der Waals surface area contributed by atoms with Crippen LogP contribution in [0.5, 0.6) is 0 Å². The van der Waals surface area contributed by atoms with Gasteiger partial charge in [0.15, 0.2) is 0 Å². The van der Waals surface area contributed by atoms with E-state index in [9.17, 15) is 9.90 Å². The SMILES string of the molecule is CC1CC(C(=O)NC2(CO)CCCC2)CCN1. The van der Waals surface area contributed by atoms with E-state index >= 15 is 0 Å². The fourth-order valence-electron chi connectivity index (χ4n) is 3.11. The van der Waals surface area contributed by atoms with Gasteiger partial charge in [0.2, 0.25) is 5.91 Å². The highest BCUT2D eigenvalue weighted by atomic mass is 16.3. The number of carbonyl (C=O) groups is 1. The first-order valence-corrected chi connectivity index (χ1v) is 6.81. The van der Waals surface area contributed by atoms with Gasteiger partial charge in [0.25, 0.3) is 0 Å². The highest BCUT2D eigenvalue weighted by molar-refractivity contribution is 5.79. The van der Waals surface area contributed by atoms with E-state index in [1.54, 1.807) is 0 Å². The van der Waals surface area contributed by atoms with Crippen LogP contribution in [0.25, 0.3) is 0 Å². The van der Waals surface area contributed by atoms with E-state index in [-0.39, 0.29) is 24.0 Å². The number of rotatable bonds is 3. The Morgan fingerprint density at radius 2 is 2.18 bits per heavy atom. The van der Waals surface area contributed by atoms with E-state index < -0.39 is 0 Å². The van der Waals surface area contributed by atoms with Crippen LogP contribution in [0, 0.1) is 5.92 Å². The predicted molar refractivity (Wildman–Crippen MR) is 66.6 cm³/mol. The van der Waals surface area contributed by atoms with E-state index in [1.807, 2.05) is 0 Å². The van der Waals surface area contributed by atoms with Crippen molar-refractivity contribution >= 4 is 5.91 Å². The monoisotopic (exact) mass is 240 g/mol. The maximum atomic E-state index is 12.2. The summed E-state index contributed by atoms with van der Waals surface area (Å²) in [5.41, 5.74) is -0.314. The van der Waals surface area contributed by atoms with E-state index in [2.05, 4.69) is 17.6 Å². The zero-order valence-electron chi connectivity index (χ0n) is 10.7. The molecule has 2 atom stereocenters. The zero-order valence-corrected chi connectivity index (χ0v) is 10.7. The standard InChI is InChI=1S/C13H24N2O2/c1-10-8-11(4-7-14-10)12(17)15-13(9-16)5-2-3-6-13/h10-11,14,16H,2-9H2,1H3,(H,15,17). The fraction of sp³-hybridized carbons (Fsp3) is 0.923. The Morgan fingerprint density at radius 1 is 1.47 bits per heavy atom. The molecule has 1 aliphatic heterocycles. The Bertz CT molecular complexity index is 275. The number of piperidine rings is 1. The van der Waals surface area contributed by atoms with Gasteiger partial charge >= 0.3 is 0 Å². The first kappa shape index (κ1) is 12.8. The molecule has 4 nitrogen and oxygen atoms in total. The Morgan fingerprint density at radius 3 is 2.76 bits per heavy atom. The molecule has 2 unspecified atom stereocenters. The van der Waals surface area contributed by atoms with Gasteiger partial charge in [0.1, 0.15) is 0 Å². The first-order valence-electron chi connectivity index (χ1n) is 6.81. The Balaban J connectivity index is 1.91. The minimum atomic E-state index is -0.314. The largest absolute Gasteiger partial charge is 0.394 e. The maximum Gasteiger partial charge on any atom is 0.223 e. The molecule has 2 aliphatic rings.